The lowest BCUT2D eigenvalue weighted by atomic mass is 10.1. The van der Waals surface area contributed by atoms with E-state index in [-0.39, 0.29) is 23.9 Å². The molecule has 2 aromatic rings. The van der Waals surface area contributed by atoms with Crippen LogP contribution in [0.3, 0.4) is 0 Å². The zero-order valence-corrected chi connectivity index (χ0v) is 10.8. The molecule has 7 heteroatoms. The number of nitrogens with zero attached hydrogens (tertiary/aromatic N) is 1. The molecule has 0 unspecified atom stereocenters. The number of benzene rings is 1. The molecule has 2 N–H and O–H groups in total. The van der Waals surface area contributed by atoms with Crippen LogP contribution in [-0.2, 0) is 0 Å². The predicted molar refractivity (Wildman–Crippen MR) is 71.3 cm³/mol. The Labute approximate surface area is 119 Å². The topological polar surface area (TPSA) is 75.4 Å². The summed E-state index contributed by atoms with van der Waals surface area (Å²) in [6, 6.07) is 9.21. The monoisotopic (exact) mass is 294 g/mol. The number of pyridine rings is 1. The highest BCUT2D eigenvalue weighted by Gasteiger charge is 2.06. The highest BCUT2D eigenvalue weighted by Crippen LogP contribution is 2.22. The Morgan fingerprint density at radius 1 is 1.14 bits per heavy atom. The maximum atomic E-state index is 12.0. The minimum Gasteiger partial charge on any atom is -0.439 e. The molecule has 0 saturated carbocycles. The zero-order chi connectivity index (χ0) is 15.2. The fourth-order valence-corrected chi connectivity index (χ4v) is 1.54. The van der Waals surface area contributed by atoms with Crippen LogP contribution in [0.15, 0.2) is 42.6 Å². The molecule has 0 aliphatic rings. The van der Waals surface area contributed by atoms with Gasteiger partial charge in [-0.15, -0.1) is 0 Å². The molecule has 0 saturated heterocycles. The lowest BCUT2D eigenvalue weighted by Crippen LogP contribution is -2.03. The van der Waals surface area contributed by atoms with Gasteiger partial charge >= 0.3 is 6.61 Å². The van der Waals surface area contributed by atoms with Crippen molar-refractivity contribution in [3.05, 3.63) is 48.2 Å². The molecule has 0 aliphatic carbocycles. The van der Waals surface area contributed by atoms with Crippen LogP contribution in [0.25, 0.3) is 0 Å². The number of rotatable bonds is 6. The van der Waals surface area contributed by atoms with Crippen LogP contribution < -0.4 is 9.47 Å². The van der Waals surface area contributed by atoms with Crippen LogP contribution in [-0.4, -0.2) is 29.0 Å². The van der Waals surface area contributed by atoms with E-state index in [9.17, 15) is 8.78 Å². The number of nitrogens with one attached hydrogen (secondary N) is 1. The summed E-state index contributed by atoms with van der Waals surface area (Å²) in [5.41, 5.74) is 0.687. The van der Waals surface area contributed by atoms with Crippen molar-refractivity contribution in [1.29, 1.82) is 5.41 Å². The molecular formula is C14H12F2N2O3. The van der Waals surface area contributed by atoms with Crippen LogP contribution in [0.5, 0.6) is 17.4 Å². The maximum absolute atomic E-state index is 12.0. The number of aliphatic hydroxyl groups excluding tert-OH is 1. The summed E-state index contributed by atoms with van der Waals surface area (Å²) in [5, 5.41) is 16.3. The number of ether oxygens (including phenoxy) is 2. The molecule has 2 rings (SSSR count). The first-order valence-electron chi connectivity index (χ1n) is 5.96. The molecule has 1 aromatic carbocycles. The SMILES string of the molecule is N=C(CO)c1ccc(Oc2ccc(OC(F)F)cn2)cc1. The van der Waals surface area contributed by atoms with Crippen molar-refractivity contribution in [3.8, 4) is 17.4 Å². The minimum atomic E-state index is -2.90. The molecule has 0 atom stereocenters. The Bertz CT molecular complexity index is 601. The van der Waals surface area contributed by atoms with E-state index in [1.165, 1.54) is 12.1 Å². The predicted octanol–water partition coefficient (Wildman–Crippen LogP) is 2.84. The van der Waals surface area contributed by atoms with Gasteiger partial charge in [-0.3, -0.25) is 0 Å². The highest BCUT2D eigenvalue weighted by atomic mass is 19.3. The van der Waals surface area contributed by atoms with Crippen molar-refractivity contribution in [1.82, 2.24) is 4.98 Å². The van der Waals surface area contributed by atoms with E-state index in [0.29, 0.717) is 11.3 Å². The van der Waals surface area contributed by atoms with Gasteiger partial charge in [-0.25, -0.2) is 4.98 Å². The molecule has 0 spiro atoms. The molecule has 1 aromatic heterocycles. The van der Waals surface area contributed by atoms with Gasteiger partial charge < -0.3 is 20.0 Å². The van der Waals surface area contributed by atoms with Gasteiger partial charge in [0.05, 0.1) is 18.5 Å². The third-order valence-electron chi connectivity index (χ3n) is 2.52. The fraction of sp³-hybridized carbons (Fsp3) is 0.143. The zero-order valence-electron chi connectivity index (χ0n) is 10.8. The van der Waals surface area contributed by atoms with Gasteiger partial charge in [0.2, 0.25) is 5.88 Å². The van der Waals surface area contributed by atoms with Gasteiger partial charge in [0, 0.05) is 6.07 Å². The van der Waals surface area contributed by atoms with Gasteiger partial charge in [0.25, 0.3) is 0 Å². The standard InChI is InChI=1S/C14H12F2N2O3/c15-14(16)21-11-5-6-13(18-7-11)20-10-3-1-9(2-4-10)12(17)8-19/h1-7,14,17,19H,8H2. The average molecular weight is 294 g/mol. The first kappa shape index (κ1) is 14.9. The largest absolute Gasteiger partial charge is 0.439 e. The second-order valence-electron chi connectivity index (χ2n) is 3.97. The van der Waals surface area contributed by atoms with E-state index in [1.807, 2.05) is 0 Å². The van der Waals surface area contributed by atoms with Crippen LogP contribution in [0.1, 0.15) is 5.56 Å². The Balaban J connectivity index is 2.02. The Morgan fingerprint density at radius 2 is 1.81 bits per heavy atom. The summed E-state index contributed by atoms with van der Waals surface area (Å²) in [6.07, 6.45) is 1.14. The quantitative estimate of drug-likeness (QED) is 0.803. The number of hydrogen-bond acceptors (Lipinski definition) is 5. The lowest BCUT2D eigenvalue weighted by molar-refractivity contribution is -0.0501. The van der Waals surface area contributed by atoms with E-state index in [2.05, 4.69) is 9.72 Å². The molecule has 0 bridgehead atoms. The number of aromatic nitrogens is 1. The van der Waals surface area contributed by atoms with Gasteiger partial charge in [-0.1, -0.05) is 0 Å². The van der Waals surface area contributed by atoms with Gasteiger partial charge in [0.1, 0.15) is 11.5 Å². The molecule has 5 nitrogen and oxygen atoms in total. The molecule has 1 heterocycles. The second-order valence-corrected chi connectivity index (χ2v) is 3.97. The summed E-state index contributed by atoms with van der Waals surface area (Å²) >= 11 is 0. The molecule has 110 valence electrons. The fourth-order valence-electron chi connectivity index (χ4n) is 1.54. The van der Waals surface area contributed by atoms with Crippen molar-refractivity contribution in [2.45, 2.75) is 6.61 Å². The average Bonchev–Trinajstić information content (AvgIpc) is 2.49. The summed E-state index contributed by atoms with van der Waals surface area (Å²) in [4.78, 5) is 3.84. The Hall–Kier alpha value is -2.54. The third kappa shape index (κ3) is 4.22. The minimum absolute atomic E-state index is 0.0518. The summed E-state index contributed by atoms with van der Waals surface area (Å²) in [7, 11) is 0. The Kier molecular flexibility index (Phi) is 4.78. The van der Waals surface area contributed by atoms with Crippen LogP contribution in [0.2, 0.25) is 0 Å². The van der Waals surface area contributed by atoms with E-state index in [1.54, 1.807) is 24.3 Å². The van der Waals surface area contributed by atoms with Crippen molar-refractivity contribution >= 4 is 5.71 Å². The van der Waals surface area contributed by atoms with Gasteiger partial charge in [-0.2, -0.15) is 8.78 Å². The van der Waals surface area contributed by atoms with Crippen LogP contribution in [0.4, 0.5) is 8.78 Å². The molecule has 0 amide bonds. The van der Waals surface area contributed by atoms with Crippen molar-refractivity contribution in [3.63, 3.8) is 0 Å². The molecule has 0 aliphatic heterocycles. The van der Waals surface area contributed by atoms with E-state index >= 15 is 0 Å². The van der Waals surface area contributed by atoms with E-state index in [0.717, 1.165) is 6.20 Å². The molecule has 21 heavy (non-hydrogen) atoms. The normalized spacial score (nSPS) is 10.5. The molecule has 0 radical (unpaired) electrons. The number of aliphatic hydroxyl groups is 1. The number of hydrogen-bond donors (Lipinski definition) is 2. The van der Waals surface area contributed by atoms with Crippen LogP contribution >= 0.6 is 0 Å². The number of alkyl halides is 2. The Morgan fingerprint density at radius 3 is 2.33 bits per heavy atom. The first-order chi connectivity index (χ1) is 10.1. The summed E-state index contributed by atoms with van der Waals surface area (Å²) in [6.45, 7) is -3.24. The summed E-state index contributed by atoms with van der Waals surface area (Å²) in [5.74, 6) is 0.644. The smallest absolute Gasteiger partial charge is 0.387 e. The number of halogens is 2. The summed E-state index contributed by atoms with van der Waals surface area (Å²) < 4.78 is 33.6. The van der Waals surface area contributed by atoms with E-state index in [4.69, 9.17) is 15.3 Å². The van der Waals surface area contributed by atoms with Crippen molar-refractivity contribution < 1.29 is 23.4 Å². The van der Waals surface area contributed by atoms with Crippen molar-refractivity contribution in [2.24, 2.45) is 0 Å². The van der Waals surface area contributed by atoms with Crippen LogP contribution in [0, 0.1) is 5.41 Å². The maximum Gasteiger partial charge on any atom is 0.387 e. The van der Waals surface area contributed by atoms with Gasteiger partial charge in [0.15, 0.2) is 0 Å². The van der Waals surface area contributed by atoms with E-state index < -0.39 is 6.61 Å². The first-order valence-corrected chi connectivity index (χ1v) is 5.96. The molecule has 0 fully saturated rings. The second kappa shape index (κ2) is 6.76. The lowest BCUT2D eigenvalue weighted by Gasteiger charge is -2.07. The third-order valence-corrected chi connectivity index (χ3v) is 2.52. The van der Waals surface area contributed by atoms with Crippen molar-refractivity contribution in [2.75, 3.05) is 6.61 Å². The van der Waals surface area contributed by atoms with Gasteiger partial charge in [-0.05, 0) is 35.9 Å². The molecular weight excluding hydrogens is 282 g/mol. The highest BCUT2D eigenvalue weighted by molar-refractivity contribution is 5.99.